The van der Waals surface area contributed by atoms with Crippen LogP contribution in [0.5, 0.6) is 0 Å². The Balaban J connectivity index is 0.00000181. The molecule has 4 atom stereocenters. The molecule has 40 heavy (non-hydrogen) atoms. The number of hydrogen-bond donors (Lipinski definition) is 4. The Kier molecular flexibility index (Phi) is 10.1. The first kappa shape index (κ1) is 29.9. The molecule has 1 unspecified atom stereocenters. The van der Waals surface area contributed by atoms with Gasteiger partial charge in [0.2, 0.25) is 0 Å². The van der Waals surface area contributed by atoms with Crippen molar-refractivity contribution in [2.75, 3.05) is 25.4 Å². The molecule has 2 aromatic heterocycles. The molecule has 2 saturated heterocycles. The number of likely N-dealkylation sites (tertiary alicyclic amines) is 1. The van der Waals surface area contributed by atoms with Gasteiger partial charge in [0.1, 0.15) is 29.7 Å². The van der Waals surface area contributed by atoms with Gasteiger partial charge in [-0.1, -0.05) is 13.8 Å². The molecule has 0 spiro atoms. The minimum Gasteiger partial charge on any atom is -0.446 e. The minimum absolute atomic E-state index is 0.108. The lowest BCUT2D eigenvalue weighted by molar-refractivity contribution is -0.137. The maximum Gasteiger partial charge on any atom is 0.410 e. The van der Waals surface area contributed by atoms with Crippen molar-refractivity contribution in [2.24, 2.45) is 5.92 Å². The number of hydrogen-bond acceptors (Lipinski definition) is 10. The summed E-state index contributed by atoms with van der Waals surface area (Å²) < 4.78 is 12.7. The first-order valence-corrected chi connectivity index (χ1v) is 14.6. The number of nitrogens with one attached hydrogen (secondary N) is 1. The molecule has 1 saturated carbocycles. The third-order valence-corrected chi connectivity index (χ3v) is 7.82. The number of aliphatic hydroxyl groups excluding tert-OH is 2. The van der Waals surface area contributed by atoms with E-state index in [-0.39, 0.29) is 18.0 Å². The predicted molar refractivity (Wildman–Crippen MR) is 147 cm³/mol. The number of aliphatic hydroxyl groups is 2. The fourth-order valence-corrected chi connectivity index (χ4v) is 5.32. The van der Waals surface area contributed by atoms with Crippen molar-refractivity contribution in [1.82, 2.24) is 29.7 Å². The van der Waals surface area contributed by atoms with Crippen LogP contribution >= 0.6 is 0 Å². The molecule has 2 amide bonds. The van der Waals surface area contributed by atoms with Crippen molar-refractivity contribution in [1.29, 1.82) is 0 Å². The average molecular weight is 562 g/mol. The molecule has 3 aliphatic rings. The van der Waals surface area contributed by atoms with E-state index >= 15 is 0 Å². The number of amides is 2. The van der Waals surface area contributed by atoms with Crippen molar-refractivity contribution >= 4 is 29.0 Å². The number of carbonyl (C=O) groups is 2. The van der Waals surface area contributed by atoms with Gasteiger partial charge in [-0.15, -0.1) is 0 Å². The maximum absolute atomic E-state index is 12.3. The third-order valence-electron chi connectivity index (χ3n) is 7.82. The number of fused-ring (bicyclic) bond motifs is 1. The molecule has 13 nitrogen and oxygen atoms in total. The first-order chi connectivity index (χ1) is 19.4. The molecule has 4 heterocycles. The van der Waals surface area contributed by atoms with Crippen LogP contribution in [0.15, 0.2) is 6.33 Å². The standard InChI is InChI=1S/C25H37N7O6.C2H6/c1-2-27-23(35)20-18(33)19(34)24(38-20)32-13-28-17-21(26)29-16(30-22(17)32)8-3-5-14-9-11-31(12-10-14)25(36)37-15-6-4-7-15;1-2/h13-15,18-20,24,33-34H,2-12H2,1H3,(H,27,35)(H2,26,29,30);1-2H3/t18?,19-,20-,24+;/m0./s1. The lowest BCUT2D eigenvalue weighted by atomic mass is 9.91. The van der Waals surface area contributed by atoms with E-state index in [1.807, 2.05) is 18.7 Å². The quantitative estimate of drug-likeness (QED) is 0.372. The van der Waals surface area contributed by atoms with E-state index in [4.69, 9.17) is 15.2 Å². The largest absolute Gasteiger partial charge is 0.446 e. The predicted octanol–water partition coefficient (Wildman–Crippen LogP) is 1.91. The van der Waals surface area contributed by atoms with Gasteiger partial charge < -0.3 is 35.6 Å². The molecular weight excluding hydrogens is 518 g/mol. The Labute approximate surface area is 234 Å². The highest BCUT2D eigenvalue weighted by Gasteiger charge is 2.47. The van der Waals surface area contributed by atoms with Gasteiger partial charge in [0.15, 0.2) is 23.8 Å². The van der Waals surface area contributed by atoms with E-state index in [1.165, 1.54) is 10.9 Å². The van der Waals surface area contributed by atoms with Crippen LogP contribution in [0, 0.1) is 5.92 Å². The Hall–Kier alpha value is -3.03. The SMILES string of the molecule is CC.CCNC(=O)[C@H]1O[C@@H](n2cnc3c(N)nc(CCCC4CCN(C(=O)OC5CCC5)CC4)nc32)[C@@H](O)C1O. The zero-order valence-electron chi connectivity index (χ0n) is 23.7. The molecule has 0 bridgehead atoms. The molecule has 5 N–H and O–H groups in total. The smallest absolute Gasteiger partial charge is 0.410 e. The van der Waals surface area contributed by atoms with Crippen LogP contribution in [0.25, 0.3) is 11.2 Å². The second-order valence-electron chi connectivity index (χ2n) is 10.4. The molecule has 0 aromatic carbocycles. The zero-order chi connectivity index (χ0) is 28.8. The number of piperidine rings is 1. The summed E-state index contributed by atoms with van der Waals surface area (Å²) in [6, 6.07) is 0. The van der Waals surface area contributed by atoms with Gasteiger partial charge in [-0.2, -0.15) is 0 Å². The van der Waals surface area contributed by atoms with E-state index < -0.39 is 30.4 Å². The Morgan fingerprint density at radius 2 is 1.88 bits per heavy atom. The lowest BCUT2D eigenvalue weighted by Gasteiger charge is -2.34. The summed E-state index contributed by atoms with van der Waals surface area (Å²) in [5.74, 6) is 0.785. The molecule has 13 heteroatoms. The summed E-state index contributed by atoms with van der Waals surface area (Å²) in [6.45, 7) is 7.57. The number of anilines is 1. The van der Waals surface area contributed by atoms with E-state index in [0.717, 1.165) is 58.0 Å². The highest BCUT2D eigenvalue weighted by atomic mass is 16.6. The molecule has 2 aromatic rings. The Morgan fingerprint density at radius 3 is 2.52 bits per heavy atom. The zero-order valence-corrected chi connectivity index (χ0v) is 23.7. The number of nitrogens with two attached hydrogens (primary N) is 1. The van der Waals surface area contributed by atoms with E-state index in [2.05, 4.69) is 20.3 Å². The van der Waals surface area contributed by atoms with Crippen LogP contribution in [0.3, 0.4) is 0 Å². The van der Waals surface area contributed by atoms with Crippen LogP contribution in [0.4, 0.5) is 10.6 Å². The second kappa shape index (κ2) is 13.6. The molecule has 0 radical (unpaired) electrons. The molecule has 5 rings (SSSR count). The Bertz CT molecular complexity index is 1150. The molecule has 2 aliphatic heterocycles. The van der Waals surface area contributed by atoms with Gasteiger partial charge in [-0.25, -0.2) is 19.7 Å². The molecule has 222 valence electrons. The van der Waals surface area contributed by atoms with E-state index in [9.17, 15) is 19.8 Å². The number of imidazole rings is 1. The van der Waals surface area contributed by atoms with Crippen molar-refractivity contribution < 1.29 is 29.3 Å². The van der Waals surface area contributed by atoms with Crippen LogP contribution in [0.2, 0.25) is 0 Å². The first-order valence-electron chi connectivity index (χ1n) is 14.6. The van der Waals surface area contributed by atoms with E-state index in [1.54, 1.807) is 6.92 Å². The van der Waals surface area contributed by atoms with Crippen molar-refractivity contribution in [3.63, 3.8) is 0 Å². The van der Waals surface area contributed by atoms with Crippen molar-refractivity contribution in [3.8, 4) is 0 Å². The number of likely N-dealkylation sites (N-methyl/N-ethyl adjacent to an activating group) is 1. The number of nitrogens with zero attached hydrogens (tertiary/aromatic N) is 5. The van der Waals surface area contributed by atoms with Crippen molar-refractivity contribution in [2.45, 2.75) is 103 Å². The van der Waals surface area contributed by atoms with Gasteiger partial charge in [0.25, 0.3) is 5.91 Å². The Morgan fingerprint density at radius 1 is 1.15 bits per heavy atom. The monoisotopic (exact) mass is 561 g/mol. The topological polar surface area (TPSA) is 178 Å². The summed E-state index contributed by atoms with van der Waals surface area (Å²) in [5.41, 5.74) is 6.90. The number of ether oxygens (including phenoxy) is 2. The highest BCUT2D eigenvalue weighted by molar-refractivity contribution is 5.83. The van der Waals surface area contributed by atoms with Gasteiger partial charge in [0, 0.05) is 26.1 Å². The molecule has 3 fully saturated rings. The van der Waals surface area contributed by atoms with Crippen LogP contribution in [-0.2, 0) is 20.7 Å². The minimum atomic E-state index is -1.39. The number of nitrogen functional groups attached to an aromatic ring is 1. The van der Waals surface area contributed by atoms with Crippen LogP contribution in [-0.4, -0.2) is 90.7 Å². The molecular formula is C27H43N7O6. The van der Waals surface area contributed by atoms with Gasteiger partial charge in [-0.05, 0) is 57.8 Å². The fraction of sp³-hybridized carbons (Fsp3) is 0.741. The third kappa shape index (κ3) is 6.47. The van der Waals surface area contributed by atoms with Gasteiger partial charge >= 0.3 is 6.09 Å². The number of aromatic nitrogens is 4. The second-order valence-corrected chi connectivity index (χ2v) is 10.4. The van der Waals surface area contributed by atoms with E-state index in [0.29, 0.717) is 35.9 Å². The average Bonchev–Trinajstić information content (AvgIpc) is 3.48. The van der Waals surface area contributed by atoms with Gasteiger partial charge in [-0.3, -0.25) is 9.36 Å². The number of carbonyl (C=O) groups excluding carboxylic acids is 2. The normalized spacial score (nSPS) is 25.3. The maximum atomic E-state index is 12.3. The highest BCUT2D eigenvalue weighted by Crippen LogP contribution is 2.32. The summed E-state index contributed by atoms with van der Waals surface area (Å²) in [7, 11) is 0. The molecule has 1 aliphatic carbocycles. The number of aryl methyl sites for hydroxylation is 1. The lowest BCUT2D eigenvalue weighted by Crippen LogP contribution is -2.42. The van der Waals surface area contributed by atoms with Crippen LogP contribution < -0.4 is 11.1 Å². The fourth-order valence-electron chi connectivity index (χ4n) is 5.32. The number of rotatable bonds is 8. The van der Waals surface area contributed by atoms with Crippen LogP contribution in [0.1, 0.15) is 77.8 Å². The summed E-state index contributed by atoms with van der Waals surface area (Å²) >= 11 is 0. The summed E-state index contributed by atoms with van der Waals surface area (Å²) in [6.07, 6.45) is 3.78. The summed E-state index contributed by atoms with van der Waals surface area (Å²) in [4.78, 5) is 39.6. The van der Waals surface area contributed by atoms with Crippen molar-refractivity contribution in [3.05, 3.63) is 12.2 Å². The van der Waals surface area contributed by atoms with Gasteiger partial charge in [0.05, 0.1) is 6.33 Å². The summed E-state index contributed by atoms with van der Waals surface area (Å²) in [5, 5.41) is 23.6.